The minimum Gasteiger partial charge on any atom is -0.469 e. The van der Waals surface area contributed by atoms with Crippen molar-refractivity contribution in [2.24, 2.45) is 5.92 Å². The highest BCUT2D eigenvalue weighted by Gasteiger charge is 2.32. The van der Waals surface area contributed by atoms with Crippen molar-refractivity contribution in [3.05, 3.63) is 29.6 Å². The summed E-state index contributed by atoms with van der Waals surface area (Å²) < 4.78 is 4.77. The molecular weight excluding hydrogens is 190 g/mol. The molecule has 0 aliphatic heterocycles. The predicted molar refractivity (Wildman–Crippen MR) is 56.5 cm³/mol. The van der Waals surface area contributed by atoms with Crippen LogP contribution in [-0.4, -0.2) is 18.1 Å². The third kappa shape index (κ3) is 1.74. The molecule has 3 heteroatoms. The monoisotopic (exact) mass is 205 g/mol. The molecule has 80 valence electrons. The second kappa shape index (κ2) is 4.01. The van der Waals surface area contributed by atoms with Crippen molar-refractivity contribution in [1.29, 1.82) is 0 Å². The van der Waals surface area contributed by atoms with Crippen LogP contribution in [0.5, 0.6) is 0 Å². The molecule has 0 aromatic carbocycles. The van der Waals surface area contributed by atoms with E-state index >= 15 is 0 Å². The smallest absolute Gasteiger partial charge is 0.309 e. The number of carbonyl (C=O) groups excluding carboxylic acids is 1. The molecular formula is C12H15NO2. The number of fused-ring (bicyclic) bond motifs is 1. The Bertz CT molecular complexity index is 376. The van der Waals surface area contributed by atoms with Gasteiger partial charge in [0.2, 0.25) is 0 Å². The molecule has 0 N–H and O–H groups in total. The fourth-order valence-corrected chi connectivity index (χ4v) is 2.28. The first-order chi connectivity index (χ1) is 7.24. The molecule has 0 saturated heterocycles. The van der Waals surface area contributed by atoms with Gasteiger partial charge < -0.3 is 4.74 Å². The Hall–Kier alpha value is -1.38. The first-order valence-corrected chi connectivity index (χ1v) is 5.25. The van der Waals surface area contributed by atoms with Gasteiger partial charge >= 0.3 is 5.97 Å². The van der Waals surface area contributed by atoms with E-state index in [9.17, 15) is 4.79 Å². The maximum absolute atomic E-state index is 11.5. The Labute approximate surface area is 89.5 Å². The van der Waals surface area contributed by atoms with Gasteiger partial charge in [-0.15, -0.1) is 0 Å². The van der Waals surface area contributed by atoms with Crippen molar-refractivity contribution in [3.8, 4) is 0 Å². The van der Waals surface area contributed by atoms with Gasteiger partial charge in [0, 0.05) is 17.8 Å². The first kappa shape index (κ1) is 10.1. The van der Waals surface area contributed by atoms with Crippen molar-refractivity contribution >= 4 is 5.97 Å². The van der Waals surface area contributed by atoms with Gasteiger partial charge in [-0.05, 0) is 24.5 Å². The highest BCUT2D eigenvalue weighted by molar-refractivity contribution is 5.73. The van der Waals surface area contributed by atoms with E-state index in [1.54, 1.807) is 6.20 Å². The van der Waals surface area contributed by atoms with Crippen LogP contribution in [-0.2, 0) is 16.0 Å². The third-order valence-corrected chi connectivity index (χ3v) is 3.18. The number of rotatable bonds is 2. The number of methoxy groups -OCH3 is 1. The van der Waals surface area contributed by atoms with Crippen LogP contribution in [0.3, 0.4) is 0 Å². The minimum atomic E-state index is -0.140. The normalized spacial score (nSPS) is 20.8. The topological polar surface area (TPSA) is 39.2 Å². The summed E-state index contributed by atoms with van der Waals surface area (Å²) in [5.74, 6) is -0.00157. The van der Waals surface area contributed by atoms with Crippen molar-refractivity contribution in [2.45, 2.75) is 25.7 Å². The fourth-order valence-electron chi connectivity index (χ4n) is 2.28. The van der Waals surface area contributed by atoms with E-state index < -0.39 is 0 Å². The highest BCUT2D eigenvalue weighted by Crippen LogP contribution is 2.36. The lowest BCUT2D eigenvalue weighted by molar-refractivity contribution is -0.145. The number of aryl methyl sites for hydroxylation is 1. The van der Waals surface area contributed by atoms with Crippen LogP contribution in [0.4, 0.5) is 0 Å². The molecule has 15 heavy (non-hydrogen) atoms. The summed E-state index contributed by atoms with van der Waals surface area (Å²) in [7, 11) is 1.44. The summed E-state index contributed by atoms with van der Waals surface area (Å²) in [4.78, 5) is 15.8. The average molecular weight is 205 g/mol. The second-order valence-corrected chi connectivity index (χ2v) is 4.00. The summed E-state index contributed by atoms with van der Waals surface area (Å²) >= 11 is 0. The minimum absolute atomic E-state index is 0.0915. The lowest BCUT2D eigenvalue weighted by Gasteiger charge is -2.16. The lowest BCUT2D eigenvalue weighted by Crippen LogP contribution is -2.19. The van der Waals surface area contributed by atoms with Gasteiger partial charge in [-0.2, -0.15) is 0 Å². The zero-order valence-electron chi connectivity index (χ0n) is 9.06. The summed E-state index contributed by atoms with van der Waals surface area (Å²) in [6.07, 6.45) is 3.82. The Morgan fingerprint density at radius 3 is 3.20 bits per heavy atom. The zero-order chi connectivity index (χ0) is 10.8. The number of aromatic nitrogens is 1. The number of carbonyl (C=O) groups is 1. The van der Waals surface area contributed by atoms with Gasteiger partial charge in [0.1, 0.15) is 0 Å². The summed E-state index contributed by atoms with van der Waals surface area (Å²) in [6, 6.07) is 4.04. The van der Waals surface area contributed by atoms with Gasteiger partial charge in [0.15, 0.2) is 0 Å². The van der Waals surface area contributed by atoms with Crippen molar-refractivity contribution in [1.82, 2.24) is 4.98 Å². The van der Waals surface area contributed by atoms with Gasteiger partial charge in [0.05, 0.1) is 13.0 Å². The van der Waals surface area contributed by atoms with E-state index in [1.807, 2.05) is 13.0 Å². The van der Waals surface area contributed by atoms with Crippen LogP contribution in [0.2, 0.25) is 0 Å². The van der Waals surface area contributed by atoms with Crippen molar-refractivity contribution < 1.29 is 9.53 Å². The molecule has 0 fully saturated rings. The number of pyridine rings is 1. The molecule has 1 aliphatic rings. The SMILES string of the molecule is COC(=O)C(C)C1CCc2cccnc21. The summed E-state index contributed by atoms with van der Waals surface area (Å²) in [5, 5.41) is 0. The number of ether oxygens (including phenoxy) is 1. The van der Waals surface area contributed by atoms with E-state index in [2.05, 4.69) is 11.1 Å². The highest BCUT2D eigenvalue weighted by atomic mass is 16.5. The molecule has 0 spiro atoms. The van der Waals surface area contributed by atoms with Gasteiger partial charge in [-0.25, -0.2) is 0 Å². The molecule has 0 bridgehead atoms. The van der Waals surface area contributed by atoms with Crippen LogP contribution in [0.15, 0.2) is 18.3 Å². The molecule has 0 radical (unpaired) electrons. The molecule has 2 rings (SSSR count). The largest absolute Gasteiger partial charge is 0.469 e. The Morgan fingerprint density at radius 1 is 1.67 bits per heavy atom. The Morgan fingerprint density at radius 2 is 2.47 bits per heavy atom. The number of esters is 1. The van der Waals surface area contributed by atoms with Crippen LogP contribution in [0.25, 0.3) is 0 Å². The van der Waals surface area contributed by atoms with Gasteiger partial charge in [0.25, 0.3) is 0 Å². The molecule has 2 atom stereocenters. The Kier molecular flexibility index (Phi) is 2.71. The van der Waals surface area contributed by atoms with E-state index in [1.165, 1.54) is 12.7 Å². The van der Waals surface area contributed by atoms with Crippen molar-refractivity contribution in [3.63, 3.8) is 0 Å². The predicted octanol–water partition coefficient (Wildman–Crippen LogP) is 1.92. The molecule has 1 aromatic heterocycles. The Balaban J connectivity index is 2.24. The molecule has 0 amide bonds. The number of nitrogens with zero attached hydrogens (tertiary/aromatic N) is 1. The van der Waals surface area contributed by atoms with E-state index in [4.69, 9.17) is 4.74 Å². The van der Waals surface area contributed by atoms with Crippen LogP contribution in [0, 0.1) is 5.92 Å². The molecule has 3 nitrogen and oxygen atoms in total. The fraction of sp³-hybridized carbons (Fsp3) is 0.500. The third-order valence-electron chi connectivity index (χ3n) is 3.18. The first-order valence-electron chi connectivity index (χ1n) is 5.25. The molecule has 1 heterocycles. The van der Waals surface area contributed by atoms with E-state index in [0.717, 1.165) is 18.5 Å². The van der Waals surface area contributed by atoms with E-state index in [-0.39, 0.29) is 17.8 Å². The van der Waals surface area contributed by atoms with E-state index in [0.29, 0.717) is 0 Å². The standard InChI is InChI=1S/C12H15NO2/c1-8(12(14)15-2)10-6-5-9-4-3-7-13-11(9)10/h3-4,7-8,10H,5-6H2,1-2H3. The van der Waals surface area contributed by atoms with Crippen LogP contribution < -0.4 is 0 Å². The molecule has 1 aliphatic carbocycles. The van der Waals surface area contributed by atoms with Crippen LogP contribution >= 0.6 is 0 Å². The number of hydrogen-bond donors (Lipinski definition) is 0. The second-order valence-electron chi connectivity index (χ2n) is 4.00. The van der Waals surface area contributed by atoms with Crippen molar-refractivity contribution in [2.75, 3.05) is 7.11 Å². The summed E-state index contributed by atoms with van der Waals surface area (Å²) in [5.41, 5.74) is 2.36. The maximum Gasteiger partial charge on any atom is 0.309 e. The zero-order valence-corrected chi connectivity index (χ0v) is 9.06. The van der Waals surface area contributed by atoms with Crippen LogP contribution in [0.1, 0.15) is 30.5 Å². The van der Waals surface area contributed by atoms with Gasteiger partial charge in [-0.3, -0.25) is 9.78 Å². The lowest BCUT2D eigenvalue weighted by atomic mass is 9.92. The molecule has 0 saturated carbocycles. The maximum atomic E-state index is 11.5. The number of hydrogen-bond acceptors (Lipinski definition) is 3. The average Bonchev–Trinajstić information content (AvgIpc) is 2.70. The molecule has 1 aromatic rings. The van der Waals surface area contributed by atoms with Gasteiger partial charge in [-0.1, -0.05) is 13.0 Å². The quantitative estimate of drug-likeness (QED) is 0.692. The molecule has 2 unspecified atom stereocenters. The summed E-state index contributed by atoms with van der Waals surface area (Å²) in [6.45, 7) is 1.92.